The second-order valence-electron chi connectivity index (χ2n) is 14.2. The Morgan fingerprint density at radius 2 is 0.911 bits per heavy atom. The Labute approximate surface area is 328 Å². The van der Waals surface area contributed by atoms with E-state index in [0.717, 1.165) is 33.7 Å². The van der Waals surface area contributed by atoms with Crippen molar-refractivity contribution in [3.8, 4) is 61.8 Å². The molecule has 3 nitrogen and oxygen atoms in total. The first-order valence-electron chi connectivity index (χ1n) is 18.9. The molecule has 262 valence electrons. The molecule has 0 aliphatic carbocycles. The lowest BCUT2D eigenvalue weighted by Crippen LogP contribution is -2.02. The summed E-state index contributed by atoms with van der Waals surface area (Å²) in [6, 6.07) is 71.4. The lowest BCUT2D eigenvalue weighted by Gasteiger charge is -2.13. The first-order chi connectivity index (χ1) is 27.8. The maximum absolute atomic E-state index is 5.39. The highest BCUT2D eigenvalue weighted by Crippen LogP contribution is 2.49. The number of hydrogen-bond donors (Lipinski definition) is 0. The van der Waals surface area contributed by atoms with E-state index >= 15 is 0 Å². The van der Waals surface area contributed by atoms with Crippen LogP contribution in [0.1, 0.15) is 0 Å². The van der Waals surface area contributed by atoms with E-state index in [9.17, 15) is 0 Å². The number of nitrogens with zero attached hydrogens (tertiary/aromatic N) is 3. The minimum absolute atomic E-state index is 0.690. The molecule has 0 N–H and O–H groups in total. The Balaban J connectivity index is 1.31. The van der Waals surface area contributed by atoms with Gasteiger partial charge in [0.1, 0.15) is 5.82 Å². The molecule has 0 saturated heterocycles. The predicted octanol–water partition coefficient (Wildman–Crippen LogP) is 14.3. The van der Waals surface area contributed by atoms with Crippen LogP contribution in [0.5, 0.6) is 0 Å². The Hall–Kier alpha value is -7.14. The summed E-state index contributed by atoms with van der Waals surface area (Å²) < 4.78 is 4.92. The monoisotopic (exact) mass is 731 g/mol. The molecular formula is C52H33N3S. The molecule has 11 rings (SSSR count). The number of fused-ring (bicyclic) bond motifs is 7. The van der Waals surface area contributed by atoms with Gasteiger partial charge in [0.2, 0.25) is 0 Å². The number of benzene rings is 8. The molecule has 0 spiro atoms. The first kappa shape index (κ1) is 32.3. The zero-order valence-electron chi connectivity index (χ0n) is 30.3. The lowest BCUT2D eigenvalue weighted by atomic mass is 9.96. The van der Waals surface area contributed by atoms with Gasteiger partial charge in [0.25, 0.3) is 0 Å². The standard InChI is InChI=1S/C52H33N3S/c1-6-16-34(17-7-1)39-26-28-45-42(30-39)49-46(55(45)48-33-44(37-22-12-4-13-23-37)53-52(54-48)38-24-14-5-15-25-38)32-41(36-20-10-3-11-21-36)51-50(49)43-31-40(27-29-47(43)56-51)35-18-8-2-9-19-35/h1-33H. The summed E-state index contributed by atoms with van der Waals surface area (Å²) in [5, 5.41) is 4.95. The molecule has 3 heterocycles. The van der Waals surface area contributed by atoms with Gasteiger partial charge < -0.3 is 0 Å². The van der Waals surface area contributed by atoms with Crippen molar-refractivity contribution in [2.24, 2.45) is 0 Å². The van der Waals surface area contributed by atoms with Gasteiger partial charge in [-0.3, -0.25) is 4.57 Å². The highest BCUT2D eigenvalue weighted by molar-refractivity contribution is 7.26. The largest absolute Gasteiger partial charge is 0.294 e. The van der Waals surface area contributed by atoms with E-state index in [1.165, 1.54) is 64.3 Å². The molecule has 56 heavy (non-hydrogen) atoms. The average molecular weight is 732 g/mol. The Morgan fingerprint density at radius 3 is 1.54 bits per heavy atom. The molecule has 0 amide bonds. The summed E-state index contributed by atoms with van der Waals surface area (Å²) in [5.74, 6) is 1.52. The smallest absolute Gasteiger partial charge is 0.162 e. The van der Waals surface area contributed by atoms with Gasteiger partial charge in [0, 0.05) is 53.7 Å². The number of rotatable bonds is 6. The second kappa shape index (κ2) is 13.3. The summed E-state index contributed by atoms with van der Waals surface area (Å²) in [5.41, 5.74) is 12.3. The van der Waals surface area contributed by atoms with Crippen molar-refractivity contribution < 1.29 is 0 Å². The first-order valence-corrected chi connectivity index (χ1v) is 19.7. The Kier molecular flexibility index (Phi) is 7.68. The highest BCUT2D eigenvalue weighted by Gasteiger charge is 2.23. The van der Waals surface area contributed by atoms with Crippen LogP contribution in [0.25, 0.3) is 104 Å². The zero-order valence-corrected chi connectivity index (χ0v) is 31.1. The third kappa shape index (κ3) is 5.42. The van der Waals surface area contributed by atoms with Crippen LogP contribution in [0.3, 0.4) is 0 Å². The summed E-state index contributed by atoms with van der Waals surface area (Å²) in [6.45, 7) is 0. The van der Waals surface area contributed by atoms with E-state index in [1.54, 1.807) is 0 Å². The fraction of sp³-hybridized carbons (Fsp3) is 0. The topological polar surface area (TPSA) is 30.7 Å². The van der Waals surface area contributed by atoms with E-state index in [4.69, 9.17) is 9.97 Å². The van der Waals surface area contributed by atoms with E-state index in [-0.39, 0.29) is 0 Å². The van der Waals surface area contributed by atoms with Gasteiger partial charge in [0.05, 0.1) is 16.7 Å². The molecule has 3 aromatic heterocycles. The van der Waals surface area contributed by atoms with E-state index in [2.05, 4.69) is 180 Å². The van der Waals surface area contributed by atoms with Gasteiger partial charge >= 0.3 is 0 Å². The van der Waals surface area contributed by atoms with Crippen LogP contribution in [-0.4, -0.2) is 14.5 Å². The van der Waals surface area contributed by atoms with Crippen LogP contribution in [0.4, 0.5) is 0 Å². The maximum Gasteiger partial charge on any atom is 0.162 e. The minimum atomic E-state index is 0.690. The molecule has 0 unspecified atom stereocenters. The summed E-state index contributed by atoms with van der Waals surface area (Å²) >= 11 is 1.88. The molecule has 0 bridgehead atoms. The van der Waals surface area contributed by atoms with Crippen molar-refractivity contribution in [1.29, 1.82) is 0 Å². The molecule has 0 fully saturated rings. The summed E-state index contributed by atoms with van der Waals surface area (Å²) in [6.07, 6.45) is 0. The van der Waals surface area contributed by atoms with Gasteiger partial charge in [-0.05, 0) is 58.1 Å². The number of aromatic nitrogens is 3. The summed E-state index contributed by atoms with van der Waals surface area (Å²) in [7, 11) is 0. The van der Waals surface area contributed by atoms with Crippen molar-refractivity contribution in [3.05, 3.63) is 200 Å². The average Bonchev–Trinajstić information content (AvgIpc) is 3.82. The van der Waals surface area contributed by atoms with E-state index in [1.807, 2.05) is 35.6 Å². The van der Waals surface area contributed by atoms with Gasteiger partial charge in [-0.2, -0.15) is 0 Å². The molecule has 0 aliphatic rings. The summed E-state index contributed by atoms with van der Waals surface area (Å²) in [4.78, 5) is 10.6. The fourth-order valence-electron chi connectivity index (χ4n) is 8.17. The van der Waals surface area contributed by atoms with Gasteiger partial charge in [-0.25, -0.2) is 9.97 Å². The Morgan fingerprint density at radius 1 is 0.375 bits per heavy atom. The van der Waals surface area contributed by atoms with Crippen LogP contribution >= 0.6 is 11.3 Å². The van der Waals surface area contributed by atoms with Crippen LogP contribution in [0, 0.1) is 0 Å². The quantitative estimate of drug-likeness (QED) is 0.170. The molecule has 0 radical (unpaired) electrons. The fourth-order valence-corrected chi connectivity index (χ4v) is 9.40. The highest BCUT2D eigenvalue weighted by atomic mass is 32.1. The number of hydrogen-bond acceptors (Lipinski definition) is 3. The van der Waals surface area contributed by atoms with Crippen LogP contribution in [0.2, 0.25) is 0 Å². The van der Waals surface area contributed by atoms with Gasteiger partial charge in [0.15, 0.2) is 5.82 Å². The molecule has 0 aliphatic heterocycles. The minimum Gasteiger partial charge on any atom is -0.294 e. The van der Waals surface area contributed by atoms with Crippen molar-refractivity contribution in [2.45, 2.75) is 0 Å². The van der Waals surface area contributed by atoms with Crippen LogP contribution < -0.4 is 0 Å². The van der Waals surface area contributed by atoms with Gasteiger partial charge in [-0.15, -0.1) is 11.3 Å². The normalized spacial score (nSPS) is 11.6. The van der Waals surface area contributed by atoms with Crippen molar-refractivity contribution >= 4 is 53.3 Å². The number of thiophene rings is 1. The molecule has 0 atom stereocenters. The predicted molar refractivity (Wildman–Crippen MR) is 236 cm³/mol. The zero-order chi connectivity index (χ0) is 37.0. The molecule has 11 aromatic rings. The van der Waals surface area contributed by atoms with Crippen molar-refractivity contribution in [3.63, 3.8) is 0 Å². The third-order valence-corrected chi connectivity index (χ3v) is 12.0. The molecule has 8 aromatic carbocycles. The van der Waals surface area contributed by atoms with E-state index in [0.29, 0.717) is 5.82 Å². The SMILES string of the molecule is c1ccc(-c2ccc3sc4c(-c5ccccc5)cc5c(c6cc(-c7ccccc7)ccc6n5-c5cc(-c6ccccc6)nc(-c6ccccc6)n5)c4c3c2)cc1. The van der Waals surface area contributed by atoms with Crippen molar-refractivity contribution in [1.82, 2.24) is 14.5 Å². The Bertz CT molecular complexity index is 3150. The van der Waals surface area contributed by atoms with Crippen LogP contribution in [-0.2, 0) is 0 Å². The molecule has 4 heteroatoms. The van der Waals surface area contributed by atoms with Crippen LogP contribution in [0.15, 0.2) is 200 Å². The van der Waals surface area contributed by atoms with Gasteiger partial charge in [-0.1, -0.05) is 164 Å². The van der Waals surface area contributed by atoms with Crippen molar-refractivity contribution in [2.75, 3.05) is 0 Å². The van der Waals surface area contributed by atoms with E-state index < -0.39 is 0 Å². The maximum atomic E-state index is 5.39. The third-order valence-electron chi connectivity index (χ3n) is 10.8. The molecular weight excluding hydrogens is 699 g/mol. The molecule has 0 saturated carbocycles. The lowest BCUT2D eigenvalue weighted by molar-refractivity contribution is 1.05. The second-order valence-corrected chi connectivity index (χ2v) is 15.2.